The number of rotatable bonds is 4. The lowest BCUT2D eigenvalue weighted by molar-refractivity contribution is -0.119. The Morgan fingerprint density at radius 2 is 2.05 bits per heavy atom. The average molecular weight is 277 g/mol. The van der Waals surface area contributed by atoms with Crippen molar-refractivity contribution >= 4 is 11.0 Å². The fourth-order valence-electron chi connectivity index (χ4n) is 2.54. The van der Waals surface area contributed by atoms with E-state index in [9.17, 15) is 10.2 Å². The van der Waals surface area contributed by atoms with Crippen LogP contribution in [0, 0.1) is 5.92 Å². The van der Waals surface area contributed by atoms with Crippen LogP contribution in [-0.2, 0) is 11.3 Å². The zero-order chi connectivity index (χ0) is 13.9. The Morgan fingerprint density at radius 1 is 1.20 bits per heavy atom. The molecular formula is C15H19NO4. The van der Waals surface area contributed by atoms with Gasteiger partial charge in [-0.05, 0) is 12.1 Å². The third kappa shape index (κ3) is 2.86. The highest BCUT2D eigenvalue weighted by atomic mass is 16.5. The average Bonchev–Trinajstić information content (AvgIpc) is 2.86. The molecule has 2 aromatic rings. The predicted octanol–water partition coefficient (Wildman–Crippen LogP) is 0.891. The molecule has 0 spiro atoms. The summed E-state index contributed by atoms with van der Waals surface area (Å²) in [6.45, 7) is 1.84. The molecule has 1 aliphatic rings. The first kappa shape index (κ1) is 13.6. The molecule has 0 amide bonds. The van der Waals surface area contributed by atoms with Gasteiger partial charge in [0.1, 0.15) is 17.4 Å². The van der Waals surface area contributed by atoms with E-state index in [0.29, 0.717) is 19.7 Å². The summed E-state index contributed by atoms with van der Waals surface area (Å²) in [5.41, 5.74) is 0.876. The van der Waals surface area contributed by atoms with Crippen molar-refractivity contribution < 1.29 is 19.4 Å². The van der Waals surface area contributed by atoms with E-state index in [1.165, 1.54) is 0 Å². The van der Waals surface area contributed by atoms with Gasteiger partial charge in [0, 0.05) is 17.8 Å². The monoisotopic (exact) mass is 277 g/mol. The second-order valence-electron chi connectivity index (χ2n) is 5.24. The van der Waals surface area contributed by atoms with Crippen molar-refractivity contribution in [1.29, 1.82) is 0 Å². The number of fused-ring (bicyclic) bond motifs is 1. The molecule has 1 fully saturated rings. The van der Waals surface area contributed by atoms with Gasteiger partial charge in [-0.2, -0.15) is 0 Å². The number of para-hydroxylation sites is 1. The molecule has 1 aliphatic heterocycles. The van der Waals surface area contributed by atoms with Crippen LogP contribution in [0.5, 0.6) is 0 Å². The van der Waals surface area contributed by atoms with Gasteiger partial charge in [0.05, 0.1) is 25.9 Å². The number of hydrogen-bond acceptors (Lipinski definition) is 5. The lowest BCUT2D eigenvalue weighted by Crippen LogP contribution is -2.47. The fraction of sp³-hybridized carbons (Fsp3) is 0.467. The van der Waals surface area contributed by atoms with E-state index in [-0.39, 0.29) is 12.5 Å². The molecule has 1 saturated heterocycles. The molecule has 1 aromatic carbocycles. The van der Waals surface area contributed by atoms with Crippen LogP contribution >= 0.6 is 0 Å². The second-order valence-corrected chi connectivity index (χ2v) is 5.24. The van der Waals surface area contributed by atoms with Crippen LogP contribution in [0.1, 0.15) is 5.76 Å². The first-order valence-corrected chi connectivity index (χ1v) is 6.86. The lowest BCUT2D eigenvalue weighted by Gasteiger charge is -2.31. The minimum absolute atomic E-state index is 0.0943. The highest BCUT2D eigenvalue weighted by molar-refractivity contribution is 5.77. The Hall–Kier alpha value is -1.40. The first-order valence-electron chi connectivity index (χ1n) is 6.86. The largest absolute Gasteiger partial charge is 0.460 e. The molecule has 5 nitrogen and oxygen atoms in total. The molecule has 5 heteroatoms. The van der Waals surface area contributed by atoms with E-state index >= 15 is 0 Å². The number of ether oxygens (including phenoxy) is 1. The quantitative estimate of drug-likeness (QED) is 0.774. The van der Waals surface area contributed by atoms with Gasteiger partial charge in [0.2, 0.25) is 0 Å². The Morgan fingerprint density at radius 3 is 2.90 bits per heavy atom. The summed E-state index contributed by atoms with van der Waals surface area (Å²) in [6.07, 6.45) is -1.52. The molecule has 0 saturated carbocycles. The summed E-state index contributed by atoms with van der Waals surface area (Å²) in [5, 5.41) is 23.7. The van der Waals surface area contributed by atoms with Crippen molar-refractivity contribution in [2.75, 3.05) is 19.8 Å². The standard InChI is InChI=1S/C15H19NO4/c17-13-9-19-8-11(15(13)18)6-16-7-12-5-10-3-1-2-4-14(10)20-12/h1-5,11,13,15-18H,6-9H2/t11-,13-,15+/m1/s1. The maximum absolute atomic E-state index is 9.86. The summed E-state index contributed by atoms with van der Waals surface area (Å²) >= 11 is 0. The summed E-state index contributed by atoms with van der Waals surface area (Å²) in [4.78, 5) is 0. The van der Waals surface area contributed by atoms with Gasteiger partial charge in [0.15, 0.2) is 0 Å². The van der Waals surface area contributed by atoms with Gasteiger partial charge in [0.25, 0.3) is 0 Å². The Labute approximate surface area is 117 Å². The third-order valence-electron chi connectivity index (χ3n) is 3.68. The SMILES string of the molecule is O[C@H]1[C@H](CNCc2cc3ccccc3o2)COC[C@H]1O. The molecule has 0 aliphatic carbocycles. The van der Waals surface area contributed by atoms with Crippen LogP contribution in [0.4, 0.5) is 0 Å². The molecule has 20 heavy (non-hydrogen) atoms. The lowest BCUT2D eigenvalue weighted by atomic mass is 9.96. The van der Waals surface area contributed by atoms with Crippen molar-refractivity contribution in [2.24, 2.45) is 5.92 Å². The van der Waals surface area contributed by atoms with Crippen LogP contribution < -0.4 is 5.32 Å². The van der Waals surface area contributed by atoms with Gasteiger partial charge < -0.3 is 24.7 Å². The highest BCUT2D eigenvalue weighted by Crippen LogP contribution is 2.19. The molecule has 0 unspecified atom stereocenters. The topological polar surface area (TPSA) is 74.9 Å². The summed E-state index contributed by atoms with van der Waals surface area (Å²) in [5.74, 6) is 0.765. The second kappa shape index (κ2) is 5.93. The molecule has 3 N–H and O–H groups in total. The van der Waals surface area contributed by atoms with E-state index in [2.05, 4.69) is 5.32 Å². The molecule has 108 valence electrons. The molecule has 1 aromatic heterocycles. The number of furan rings is 1. The van der Waals surface area contributed by atoms with Crippen LogP contribution in [0.15, 0.2) is 34.7 Å². The van der Waals surface area contributed by atoms with E-state index in [1.54, 1.807) is 0 Å². The van der Waals surface area contributed by atoms with Crippen LogP contribution in [0.25, 0.3) is 11.0 Å². The maximum atomic E-state index is 9.86. The smallest absolute Gasteiger partial charge is 0.134 e. The third-order valence-corrected chi connectivity index (χ3v) is 3.68. The highest BCUT2D eigenvalue weighted by Gasteiger charge is 2.30. The number of benzene rings is 1. The van der Waals surface area contributed by atoms with Crippen molar-refractivity contribution in [3.63, 3.8) is 0 Å². The zero-order valence-corrected chi connectivity index (χ0v) is 11.2. The van der Waals surface area contributed by atoms with Crippen LogP contribution in [0.3, 0.4) is 0 Å². The van der Waals surface area contributed by atoms with E-state index in [4.69, 9.17) is 9.15 Å². The normalized spacial score (nSPS) is 27.0. The van der Waals surface area contributed by atoms with E-state index in [0.717, 1.165) is 16.7 Å². The summed E-state index contributed by atoms with van der Waals surface area (Å²) in [7, 11) is 0. The van der Waals surface area contributed by atoms with E-state index < -0.39 is 12.2 Å². The molecule has 3 atom stereocenters. The number of hydrogen-bond donors (Lipinski definition) is 3. The summed E-state index contributed by atoms with van der Waals surface area (Å²) in [6, 6.07) is 9.88. The van der Waals surface area contributed by atoms with Gasteiger partial charge in [-0.15, -0.1) is 0 Å². The molecule has 3 rings (SSSR count). The van der Waals surface area contributed by atoms with Crippen molar-refractivity contribution in [3.05, 3.63) is 36.1 Å². The Balaban J connectivity index is 1.54. The molecular weight excluding hydrogens is 258 g/mol. The van der Waals surface area contributed by atoms with Gasteiger partial charge in [-0.3, -0.25) is 0 Å². The number of aliphatic hydroxyl groups excluding tert-OH is 2. The van der Waals surface area contributed by atoms with Gasteiger partial charge in [-0.1, -0.05) is 18.2 Å². The molecule has 2 heterocycles. The number of aliphatic hydroxyl groups is 2. The minimum atomic E-state index is -0.790. The van der Waals surface area contributed by atoms with E-state index in [1.807, 2.05) is 30.3 Å². The number of nitrogens with one attached hydrogen (secondary N) is 1. The van der Waals surface area contributed by atoms with Crippen molar-refractivity contribution in [3.8, 4) is 0 Å². The predicted molar refractivity (Wildman–Crippen MR) is 74.2 cm³/mol. The zero-order valence-electron chi connectivity index (χ0n) is 11.2. The van der Waals surface area contributed by atoms with Crippen molar-refractivity contribution in [2.45, 2.75) is 18.8 Å². The van der Waals surface area contributed by atoms with Crippen LogP contribution in [0.2, 0.25) is 0 Å². The molecule has 0 bridgehead atoms. The van der Waals surface area contributed by atoms with Gasteiger partial charge >= 0.3 is 0 Å². The fourth-order valence-corrected chi connectivity index (χ4v) is 2.54. The molecule has 0 radical (unpaired) electrons. The maximum Gasteiger partial charge on any atom is 0.134 e. The summed E-state index contributed by atoms with van der Waals surface area (Å²) < 4.78 is 10.9. The first-order chi connectivity index (χ1) is 9.74. The minimum Gasteiger partial charge on any atom is -0.460 e. The van der Waals surface area contributed by atoms with Gasteiger partial charge in [-0.25, -0.2) is 0 Å². The Bertz CT molecular complexity index is 535. The van der Waals surface area contributed by atoms with Crippen molar-refractivity contribution in [1.82, 2.24) is 5.32 Å². The van der Waals surface area contributed by atoms with Crippen LogP contribution in [-0.4, -0.2) is 42.2 Å². The Kier molecular flexibility index (Phi) is 4.03.